The Labute approximate surface area is 122 Å². The molecule has 0 amide bonds. The van der Waals surface area contributed by atoms with Crippen molar-refractivity contribution in [3.8, 4) is 0 Å². The molecule has 20 heavy (non-hydrogen) atoms. The summed E-state index contributed by atoms with van der Waals surface area (Å²) in [4.78, 5) is 5.82. The summed E-state index contributed by atoms with van der Waals surface area (Å²) in [5, 5.41) is 6.77. The lowest BCUT2D eigenvalue weighted by Gasteiger charge is -2.18. The maximum Gasteiger partial charge on any atom is 0.0750 e. The first kappa shape index (κ1) is 13.2. The summed E-state index contributed by atoms with van der Waals surface area (Å²) >= 11 is 1.76. The summed E-state index contributed by atoms with van der Waals surface area (Å²) in [5.41, 5.74) is 8.15. The molecule has 2 heterocycles. The van der Waals surface area contributed by atoms with E-state index >= 15 is 0 Å². The standard InChI is InChI=1S/C16H17N3S/c17-10-15(19-11-13-6-3-9-20-13)14-7-1-4-12-5-2-8-18-16(12)14/h1-9,15,19H,10-11,17H2. The molecule has 0 bridgehead atoms. The number of thiophene rings is 1. The van der Waals surface area contributed by atoms with Crippen molar-refractivity contribution in [1.29, 1.82) is 0 Å². The van der Waals surface area contributed by atoms with Crippen molar-refractivity contribution in [3.63, 3.8) is 0 Å². The van der Waals surface area contributed by atoms with Gasteiger partial charge in [0.15, 0.2) is 0 Å². The van der Waals surface area contributed by atoms with Crippen LogP contribution in [-0.2, 0) is 6.54 Å². The lowest BCUT2D eigenvalue weighted by molar-refractivity contribution is 0.548. The molecule has 4 heteroatoms. The quantitative estimate of drug-likeness (QED) is 0.756. The van der Waals surface area contributed by atoms with Crippen LogP contribution in [0.25, 0.3) is 10.9 Å². The van der Waals surface area contributed by atoms with Crippen molar-refractivity contribution >= 4 is 22.2 Å². The number of fused-ring (bicyclic) bond motifs is 1. The van der Waals surface area contributed by atoms with Crippen LogP contribution in [0.3, 0.4) is 0 Å². The molecule has 1 aromatic carbocycles. The molecule has 0 aliphatic heterocycles. The Bertz CT molecular complexity index is 674. The van der Waals surface area contributed by atoms with Gasteiger partial charge in [0.25, 0.3) is 0 Å². The minimum Gasteiger partial charge on any atom is -0.329 e. The fraction of sp³-hybridized carbons (Fsp3) is 0.188. The third-order valence-electron chi connectivity index (χ3n) is 3.38. The molecule has 3 N–H and O–H groups in total. The lowest BCUT2D eigenvalue weighted by Crippen LogP contribution is -2.27. The van der Waals surface area contributed by atoms with Crippen molar-refractivity contribution in [2.24, 2.45) is 5.73 Å². The monoisotopic (exact) mass is 283 g/mol. The van der Waals surface area contributed by atoms with E-state index in [1.54, 1.807) is 11.3 Å². The van der Waals surface area contributed by atoms with Gasteiger partial charge in [0.1, 0.15) is 0 Å². The van der Waals surface area contributed by atoms with Gasteiger partial charge in [-0.2, -0.15) is 0 Å². The smallest absolute Gasteiger partial charge is 0.0750 e. The molecule has 0 spiro atoms. The second-order valence-electron chi connectivity index (χ2n) is 4.67. The number of benzene rings is 1. The Morgan fingerprint density at radius 2 is 2.05 bits per heavy atom. The van der Waals surface area contributed by atoms with Gasteiger partial charge < -0.3 is 11.1 Å². The number of hydrogen-bond donors (Lipinski definition) is 2. The van der Waals surface area contributed by atoms with Gasteiger partial charge in [-0.15, -0.1) is 11.3 Å². The number of rotatable bonds is 5. The Balaban J connectivity index is 1.87. The van der Waals surface area contributed by atoms with Crippen LogP contribution in [0.15, 0.2) is 54.0 Å². The fourth-order valence-electron chi connectivity index (χ4n) is 2.37. The van der Waals surface area contributed by atoms with Gasteiger partial charge in [0.05, 0.1) is 5.52 Å². The predicted molar refractivity (Wildman–Crippen MR) is 84.7 cm³/mol. The first-order valence-corrected chi connectivity index (χ1v) is 7.56. The van der Waals surface area contributed by atoms with E-state index in [1.807, 2.05) is 12.3 Å². The number of nitrogens with one attached hydrogen (secondary N) is 1. The molecule has 3 nitrogen and oxygen atoms in total. The van der Waals surface area contributed by atoms with Gasteiger partial charge in [0.2, 0.25) is 0 Å². The lowest BCUT2D eigenvalue weighted by atomic mass is 10.0. The van der Waals surface area contributed by atoms with E-state index in [1.165, 1.54) is 10.4 Å². The van der Waals surface area contributed by atoms with Crippen LogP contribution in [0.4, 0.5) is 0 Å². The molecule has 1 unspecified atom stereocenters. The third kappa shape index (κ3) is 2.72. The second-order valence-corrected chi connectivity index (χ2v) is 5.70. The van der Waals surface area contributed by atoms with Crippen LogP contribution in [0.5, 0.6) is 0 Å². The summed E-state index contributed by atoms with van der Waals surface area (Å²) in [6, 6.07) is 14.6. The number of hydrogen-bond acceptors (Lipinski definition) is 4. The number of nitrogens with two attached hydrogens (primary N) is 1. The Kier molecular flexibility index (Phi) is 4.06. The van der Waals surface area contributed by atoms with Crippen LogP contribution < -0.4 is 11.1 Å². The van der Waals surface area contributed by atoms with E-state index in [0.29, 0.717) is 6.54 Å². The van der Waals surface area contributed by atoms with Gasteiger partial charge >= 0.3 is 0 Å². The van der Waals surface area contributed by atoms with Crippen molar-refractivity contribution in [3.05, 3.63) is 64.5 Å². The zero-order valence-corrected chi connectivity index (χ0v) is 11.9. The number of aromatic nitrogens is 1. The number of para-hydroxylation sites is 1. The van der Waals surface area contributed by atoms with Crippen molar-refractivity contribution < 1.29 is 0 Å². The van der Waals surface area contributed by atoms with Gasteiger partial charge in [-0.3, -0.25) is 4.98 Å². The fourth-order valence-corrected chi connectivity index (χ4v) is 3.02. The topological polar surface area (TPSA) is 50.9 Å². The third-order valence-corrected chi connectivity index (χ3v) is 4.25. The molecule has 0 aliphatic rings. The molecule has 3 rings (SSSR count). The molecule has 2 aromatic heterocycles. The molecule has 0 fully saturated rings. The number of pyridine rings is 1. The molecule has 1 atom stereocenters. The van der Waals surface area contributed by atoms with Crippen molar-refractivity contribution in [2.45, 2.75) is 12.6 Å². The van der Waals surface area contributed by atoms with Crippen LogP contribution in [0, 0.1) is 0 Å². The summed E-state index contributed by atoms with van der Waals surface area (Å²) in [6.07, 6.45) is 1.83. The zero-order chi connectivity index (χ0) is 13.8. The van der Waals surface area contributed by atoms with E-state index in [9.17, 15) is 0 Å². The molecular weight excluding hydrogens is 266 g/mol. The highest BCUT2D eigenvalue weighted by Gasteiger charge is 2.13. The molecule has 0 saturated carbocycles. The van der Waals surface area contributed by atoms with E-state index in [-0.39, 0.29) is 6.04 Å². The highest BCUT2D eigenvalue weighted by Crippen LogP contribution is 2.22. The molecule has 0 aliphatic carbocycles. The Hall–Kier alpha value is -1.75. The molecule has 0 saturated heterocycles. The van der Waals surface area contributed by atoms with Gasteiger partial charge in [-0.25, -0.2) is 0 Å². The van der Waals surface area contributed by atoms with Gasteiger partial charge in [0, 0.05) is 35.6 Å². The van der Waals surface area contributed by atoms with Crippen molar-refractivity contribution in [1.82, 2.24) is 10.3 Å². The maximum atomic E-state index is 5.95. The normalized spacial score (nSPS) is 12.7. The zero-order valence-electron chi connectivity index (χ0n) is 11.1. The van der Waals surface area contributed by atoms with Crippen LogP contribution in [-0.4, -0.2) is 11.5 Å². The summed E-state index contributed by atoms with van der Waals surface area (Å²) in [7, 11) is 0. The van der Waals surface area contributed by atoms with E-state index in [2.05, 4.69) is 52.1 Å². The highest BCUT2D eigenvalue weighted by atomic mass is 32.1. The first-order chi connectivity index (χ1) is 9.88. The maximum absolute atomic E-state index is 5.95. The summed E-state index contributed by atoms with van der Waals surface area (Å²) < 4.78 is 0. The van der Waals surface area contributed by atoms with Crippen LogP contribution >= 0.6 is 11.3 Å². The molecule has 102 valence electrons. The second kappa shape index (κ2) is 6.13. The number of nitrogens with zero attached hydrogens (tertiary/aromatic N) is 1. The van der Waals surface area contributed by atoms with Gasteiger partial charge in [-0.1, -0.05) is 30.3 Å². The van der Waals surface area contributed by atoms with Crippen molar-refractivity contribution in [2.75, 3.05) is 6.54 Å². The first-order valence-electron chi connectivity index (χ1n) is 6.68. The predicted octanol–water partition coefficient (Wildman–Crippen LogP) is 3.09. The van der Waals surface area contributed by atoms with Crippen LogP contribution in [0.2, 0.25) is 0 Å². The highest BCUT2D eigenvalue weighted by molar-refractivity contribution is 7.09. The van der Waals surface area contributed by atoms with Gasteiger partial charge in [-0.05, 0) is 23.1 Å². The Morgan fingerprint density at radius 3 is 2.85 bits per heavy atom. The minimum atomic E-state index is 0.121. The largest absolute Gasteiger partial charge is 0.329 e. The van der Waals surface area contributed by atoms with Crippen LogP contribution in [0.1, 0.15) is 16.5 Å². The Morgan fingerprint density at radius 1 is 1.15 bits per heavy atom. The van der Waals surface area contributed by atoms with E-state index in [0.717, 1.165) is 17.4 Å². The SMILES string of the molecule is NCC(NCc1cccs1)c1cccc2cccnc12. The average molecular weight is 283 g/mol. The average Bonchev–Trinajstić information content (AvgIpc) is 3.01. The van der Waals surface area contributed by atoms with E-state index in [4.69, 9.17) is 5.73 Å². The summed E-state index contributed by atoms with van der Waals surface area (Å²) in [5.74, 6) is 0. The molecule has 3 aromatic rings. The minimum absolute atomic E-state index is 0.121. The molecule has 0 radical (unpaired) electrons. The van der Waals surface area contributed by atoms with E-state index < -0.39 is 0 Å². The molecular formula is C16H17N3S. The summed E-state index contributed by atoms with van der Waals surface area (Å²) in [6.45, 7) is 1.39.